The number of ether oxygens (including phenoxy) is 1. The Hall–Kier alpha value is -2.55. The molecule has 0 atom stereocenters. The number of methoxy groups -OCH3 is 1. The van der Waals surface area contributed by atoms with Crippen molar-refractivity contribution < 1.29 is 4.74 Å². The summed E-state index contributed by atoms with van der Waals surface area (Å²) in [5.74, 6) is 1.93. The lowest BCUT2D eigenvalue weighted by atomic mass is 10.1. The monoisotopic (exact) mass is 278 g/mol. The molecule has 0 unspecified atom stereocenters. The van der Waals surface area contributed by atoms with Crippen molar-refractivity contribution in [3.63, 3.8) is 0 Å². The molecule has 0 N–H and O–H groups in total. The van der Waals surface area contributed by atoms with E-state index in [1.54, 1.807) is 7.11 Å². The second-order valence-electron chi connectivity index (χ2n) is 4.94. The minimum atomic E-state index is 0.770. The number of rotatable bonds is 5. The highest BCUT2D eigenvalue weighted by Crippen LogP contribution is 2.20. The molecular weight excluding hydrogens is 260 g/mol. The maximum Gasteiger partial charge on any atom is 0.118 e. The Bertz CT molecular complexity index is 756. The molecule has 3 aromatic rings. The van der Waals surface area contributed by atoms with Gasteiger partial charge >= 0.3 is 0 Å². The normalized spacial score (nSPS) is 10.7. The summed E-state index contributed by atoms with van der Waals surface area (Å²) in [5.41, 5.74) is 3.40. The molecule has 0 saturated heterocycles. The van der Waals surface area contributed by atoms with E-state index in [-0.39, 0.29) is 0 Å². The first kappa shape index (κ1) is 13.4. The lowest BCUT2D eigenvalue weighted by Crippen LogP contribution is -2.03. The Balaban J connectivity index is 1.98. The van der Waals surface area contributed by atoms with E-state index in [4.69, 9.17) is 9.72 Å². The highest BCUT2D eigenvalue weighted by molar-refractivity contribution is 5.76. The molecule has 0 aliphatic carbocycles. The fraction of sp³-hybridized carbons (Fsp3) is 0.167. The van der Waals surface area contributed by atoms with E-state index in [1.807, 2.05) is 36.4 Å². The van der Waals surface area contributed by atoms with Gasteiger partial charge in [0, 0.05) is 13.0 Å². The van der Waals surface area contributed by atoms with Crippen LogP contribution < -0.4 is 4.74 Å². The maximum absolute atomic E-state index is 5.20. The lowest BCUT2D eigenvalue weighted by molar-refractivity contribution is 0.414. The number of hydrogen-bond donors (Lipinski definition) is 0. The minimum absolute atomic E-state index is 0.770. The Morgan fingerprint density at radius 1 is 1.14 bits per heavy atom. The molecule has 0 spiro atoms. The zero-order valence-electron chi connectivity index (χ0n) is 12.1. The summed E-state index contributed by atoms with van der Waals surface area (Å²) in [5, 5.41) is 0. The van der Waals surface area contributed by atoms with Gasteiger partial charge in [-0.1, -0.05) is 30.3 Å². The van der Waals surface area contributed by atoms with Gasteiger partial charge in [-0.2, -0.15) is 0 Å². The predicted molar refractivity (Wildman–Crippen MR) is 85.7 cm³/mol. The molecule has 0 aliphatic heterocycles. The van der Waals surface area contributed by atoms with Gasteiger partial charge in [-0.25, -0.2) is 4.98 Å². The molecule has 0 amide bonds. The van der Waals surface area contributed by atoms with Crippen LogP contribution in [0.2, 0.25) is 0 Å². The molecule has 3 rings (SSSR count). The van der Waals surface area contributed by atoms with Crippen molar-refractivity contribution in [3.8, 4) is 5.75 Å². The molecule has 106 valence electrons. The summed E-state index contributed by atoms with van der Waals surface area (Å²) in [7, 11) is 1.68. The van der Waals surface area contributed by atoms with E-state index >= 15 is 0 Å². The Labute approximate surface area is 124 Å². The number of aromatic nitrogens is 2. The van der Waals surface area contributed by atoms with Gasteiger partial charge < -0.3 is 9.30 Å². The maximum atomic E-state index is 5.20. The molecule has 0 saturated carbocycles. The minimum Gasteiger partial charge on any atom is -0.497 e. The van der Waals surface area contributed by atoms with Crippen molar-refractivity contribution in [2.24, 2.45) is 0 Å². The Morgan fingerprint density at radius 2 is 1.90 bits per heavy atom. The van der Waals surface area contributed by atoms with Gasteiger partial charge in [0.1, 0.15) is 11.6 Å². The first-order valence-electron chi connectivity index (χ1n) is 7.00. The number of nitrogens with zero attached hydrogens (tertiary/aromatic N) is 2. The van der Waals surface area contributed by atoms with Crippen molar-refractivity contribution in [1.29, 1.82) is 0 Å². The number of imidazole rings is 1. The van der Waals surface area contributed by atoms with E-state index in [9.17, 15) is 0 Å². The van der Waals surface area contributed by atoms with Gasteiger partial charge in [0.15, 0.2) is 0 Å². The number of allylic oxidation sites excluding steroid dienone is 1. The van der Waals surface area contributed by atoms with Crippen LogP contribution in [0.15, 0.2) is 61.2 Å². The lowest BCUT2D eigenvalue weighted by Gasteiger charge is -2.07. The standard InChI is InChI=1S/C18H18N2O/c1-3-12-20-17-7-5-4-6-16(17)19-18(20)13-14-8-10-15(21-2)11-9-14/h3-11H,1,12-13H2,2H3. The quantitative estimate of drug-likeness (QED) is 0.663. The molecule has 21 heavy (non-hydrogen) atoms. The number of para-hydroxylation sites is 2. The zero-order chi connectivity index (χ0) is 14.7. The van der Waals surface area contributed by atoms with Crippen molar-refractivity contribution in [1.82, 2.24) is 9.55 Å². The largest absolute Gasteiger partial charge is 0.497 e. The fourth-order valence-electron chi connectivity index (χ4n) is 2.52. The molecule has 3 heteroatoms. The summed E-state index contributed by atoms with van der Waals surface area (Å²) in [6.07, 6.45) is 2.71. The third-order valence-electron chi connectivity index (χ3n) is 3.57. The first-order chi connectivity index (χ1) is 10.3. The van der Waals surface area contributed by atoms with Crippen LogP contribution >= 0.6 is 0 Å². The second-order valence-corrected chi connectivity index (χ2v) is 4.94. The third-order valence-corrected chi connectivity index (χ3v) is 3.57. The number of fused-ring (bicyclic) bond motifs is 1. The van der Waals surface area contributed by atoms with Crippen LogP contribution in [0.3, 0.4) is 0 Å². The van der Waals surface area contributed by atoms with Crippen LogP contribution in [0.4, 0.5) is 0 Å². The second kappa shape index (κ2) is 5.83. The predicted octanol–water partition coefficient (Wildman–Crippen LogP) is 3.82. The summed E-state index contributed by atoms with van der Waals surface area (Å²) in [4.78, 5) is 4.75. The van der Waals surface area contributed by atoms with Gasteiger partial charge in [0.05, 0.1) is 18.1 Å². The zero-order valence-corrected chi connectivity index (χ0v) is 12.1. The van der Waals surface area contributed by atoms with Gasteiger partial charge in [-0.05, 0) is 29.8 Å². The van der Waals surface area contributed by atoms with Crippen LogP contribution in [-0.4, -0.2) is 16.7 Å². The molecule has 0 aliphatic rings. The van der Waals surface area contributed by atoms with E-state index in [0.29, 0.717) is 0 Å². The Kier molecular flexibility index (Phi) is 3.73. The average Bonchev–Trinajstić information content (AvgIpc) is 2.86. The number of benzene rings is 2. The van der Waals surface area contributed by atoms with Gasteiger partial charge in [0.2, 0.25) is 0 Å². The summed E-state index contributed by atoms with van der Waals surface area (Å²) in [6.45, 7) is 4.62. The highest BCUT2D eigenvalue weighted by atomic mass is 16.5. The van der Waals surface area contributed by atoms with Crippen LogP contribution in [-0.2, 0) is 13.0 Å². The van der Waals surface area contributed by atoms with Gasteiger partial charge in [0.25, 0.3) is 0 Å². The van der Waals surface area contributed by atoms with Gasteiger partial charge in [-0.3, -0.25) is 0 Å². The summed E-state index contributed by atoms with van der Waals surface area (Å²) in [6, 6.07) is 16.3. The first-order valence-corrected chi connectivity index (χ1v) is 7.00. The Morgan fingerprint density at radius 3 is 2.62 bits per heavy atom. The highest BCUT2D eigenvalue weighted by Gasteiger charge is 2.09. The van der Waals surface area contributed by atoms with Crippen LogP contribution in [0.1, 0.15) is 11.4 Å². The molecule has 1 aromatic heterocycles. The number of hydrogen-bond acceptors (Lipinski definition) is 2. The van der Waals surface area contributed by atoms with Crippen LogP contribution in [0, 0.1) is 0 Å². The molecule has 3 nitrogen and oxygen atoms in total. The van der Waals surface area contributed by atoms with E-state index in [2.05, 4.69) is 29.3 Å². The third kappa shape index (κ3) is 2.68. The molecule has 0 fully saturated rings. The fourth-order valence-corrected chi connectivity index (χ4v) is 2.52. The van der Waals surface area contributed by atoms with Crippen LogP contribution in [0.5, 0.6) is 5.75 Å². The van der Waals surface area contributed by atoms with Crippen molar-refractivity contribution in [2.45, 2.75) is 13.0 Å². The molecular formula is C18H18N2O. The van der Waals surface area contributed by atoms with Crippen molar-refractivity contribution in [3.05, 3.63) is 72.6 Å². The van der Waals surface area contributed by atoms with E-state index in [1.165, 1.54) is 5.56 Å². The molecule has 1 heterocycles. The molecule has 2 aromatic carbocycles. The summed E-state index contributed by atoms with van der Waals surface area (Å²) < 4.78 is 7.41. The van der Waals surface area contributed by atoms with Crippen molar-refractivity contribution in [2.75, 3.05) is 7.11 Å². The average molecular weight is 278 g/mol. The molecule has 0 bridgehead atoms. The summed E-state index contributed by atoms with van der Waals surface area (Å²) >= 11 is 0. The topological polar surface area (TPSA) is 27.1 Å². The van der Waals surface area contributed by atoms with Crippen LogP contribution in [0.25, 0.3) is 11.0 Å². The van der Waals surface area contributed by atoms with E-state index in [0.717, 1.165) is 35.6 Å². The van der Waals surface area contributed by atoms with Crippen molar-refractivity contribution >= 4 is 11.0 Å². The smallest absolute Gasteiger partial charge is 0.118 e. The van der Waals surface area contributed by atoms with Gasteiger partial charge in [-0.15, -0.1) is 6.58 Å². The molecule has 0 radical (unpaired) electrons. The SMILES string of the molecule is C=CCn1c(Cc2ccc(OC)cc2)nc2ccccc21. The van der Waals surface area contributed by atoms with E-state index < -0.39 is 0 Å².